The molecule has 0 atom stereocenters. The fraction of sp³-hybridized carbons (Fsp3) is 1.00. The molecule has 0 unspecified atom stereocenters. The molecule has 0 aliphatic heterocycles. The van der Waals surface area contributed by atoms with Crippen LogP contribution in [-0.4, -0.2) is 23.0 Å². The maximum atomic E-state index is 2.70. The first-order chi connectivity index (χ1) is 6.00. The number of hydrogen-bond donors (Lipinski definition) is 0. The lowest BCUT2D eigenvalue weighted by atomic mass is 9.82. The quantitative estimate of drug-likeness (QED) is 0.646. The minimum absolute atomic E-state index is 0.375. The summed E-state index contributed by atoms with van der Waals surface area (Å²) in [6, 6.07) is 0.877. The second-order valence-corrected chi connectivity index (χ2v) is 5.18. The Morgan fingerprint density at radius 1 is 1.31 bits per heavy atom. The number of hydrogen-bond acceptors (Lipinski definition) is 1. The molecule has 0 bridgehead atoms. The molecule has 1 aliphatic rings. The van der Waals surface area contributed by atoms with Crippen molar-refractivity contribution < 1.29 is 0 Å². The van der Waals surface area contributed by atoms with E-state index in [4.69, 9.17) is 0 Å². The van der Waals surface area contributed by atoms with Gasteiger partial charge < -0.3 is 0 Å². The van der Waals surface area contributed by atoms with Gasteiger partial charge in [-0.1, -0.05) is 27.2 Å². The van der Waals surface area contributed by atoms with Gasteiger partial charge in [0, 0.05) is 11.6 Å². The van der Waals surface area contributed by atoms with Crippen LogP contribution in [0.2, 0.25) is 0 Å². The lowest BCUT2D eigenvalue weighted by molar-refractivity contribution is 0.00614. The van der Waals surface area contributed by atoms with E-state index in [0.29, 0.717) is 5.54 Å². The summed E-state index contributed by atoms with van der Waals surface area (Å²) in [6.07, 6.45) is 4.28. The normalized spacial score (nSPS) is 19.6. The molecule has 13 heavy (non-hydrogen) atoms. The van der Waals surface area contributed by atoms with Crippen LogP contribution in [0.25, 0.3) is 0 Å². The minimum Gasteiger partial charge on any atom is -0.295 e. The van der Waals surface area contributed by atoms with Crippen molar-refractivity contribution >= 4 is 0 Å². The van der Waals surface area contributed by atoms with Crippen molar-refractivity contribution in [2.75, 3.05) is 6.54 Å². The molecule has 0 aromatic heterocycles. The Hall–Kier alpha value is -0.0400. The first-order valence-electron chi connectivity index (χ1n) is 5.77. The van der Waals surface area contributed by atoms with Crippen molar-refractivity contribution in [3.8, 4) is 0 Å². The standard InChI is InChI=1S/C12H25N/c1-6-13(11-8-7-9-11)12(4,5)10(2)3/h10-11H,6-9H2,1-5H3. The minimum atomic E-state index is 0.375. The smallest absolute Gasteiger partial charge is 0.0178 e. The summed E-state index contributed by atoms with van der Waals surface area (Å²) in [6.45, 7) is 12.9. The molecule has 1 saturated carbocycles. The first-order valence-corrected chi connectivity index (χ1v) is 5.77. The van der Waals surface area contributed by atoms with E-state index in [0.717, 1.165) is 12.0 Å². The maximum absolute atomic E-state index is 2.70. The Morgan fingerprint density at radius 2 is 1.85 bits per heavy atom. The van der Waals surface area contributed by atoms with Crippen LogP contribution in [0.5, 0.6) is 0 Å². The molecule has 0 saturated heterocycles. The molecule has 1 nitrogen and oxygen atoms in total. The Morgan fingerprint density at radius 3 is 2.08 bits per heavy atom. The third-order valence-corrected chi connectivity index (χ3v) is 4.01. The highest BCUT2D eigenvalue weighted by Crippen LogP contribution is 2.33. The van der Waals surface area contributed by atoms with Crippen LogP contribution < -0.4 is 0 Å². The van der Waals surface area contributed by atoms with Crippen LogP contribution in [0.4, 0.5) is 0 Å². The van der Waals surface area contributed by atoms with Crippen LogP contribution in [-0.2, 0) is 0 Å². The van der Waals surface area contributed by atoms with Gasteiger partial charge in [0.25, 0.3) is 0 Å². The summed E-state index contributed by atoms with van der Waals surface area (Å²) < 4.78 is 0. The van der Waals surface area contributed by atoms with Gasteiger partial charge in [0.05, 0.1) is 0 Å². The highest BCUT2D eigenvalue weighted by atomic mass is 15.2. The van der Waals surface area contributed by atoms with Crippen molar-refractivity contribution in [3.63, 3.8) is 0 Å². The van der Waals surface area contributed by atoms with Crippen molar-refractivity contribution in [1.29, 1.82) is 0 Å². The zero-order valence-corrected chi connectivity index (χ0v) is 9.93. The van der Waals surface area contributed by atoms with Gasteiger partial charge in [-0.15, -0.1) is 0 Å². The van der Waals surface area contributed by atoms with Crippen molar-refractivity contribution in [3.05, 3.63) is 0 Å². The van der Waals surface area contributed by atoms with E-state index in [-0.39, 0.29) is 0 Å². The third-order valence-electron chi connectivity index (χ3n) is 4.01. The second-order valence-electron chi connectivity index (χ2n) is 5.18. The van der Waals surface area contributed by atoms with Gasteiger partial charge in [0.15, 0.2) is 0 Å². The lowest BCUT2D eigenvalue weighted by Gasteiger charge is -2.49. The zero-order valence-electron chi connectivity index (χ0n) is 9.93. The van der Waals surface area contributed by atoms with Crippen molar-refractivity contribution in [2.45, 2.75) is 65.5 Å². The molecule has 0 amide bonds. The van der Waals surface area contributed by atoms with Crippen LogP contribution in [0.3, 0.4) is 0 Å². The highest BCUT2D eigenvalue weighted by Gasteiger charge is 2.36. The van der Waals surface area contributed by atoms with Gasteiger partial charge in [-0.25, -0.2) is 0 Å². The van der Waals surface area contributed by atoms with E-state index >= 15 is 0 Å². The van der Waals surface area contributed by atoms with Crippen LogP contribution in [0, 0.1) is 5.92 Å². The zero-order chi connectivity index (χ0) is 10.1. The summed E-state index contributed by atoms with van der Waals surface area (Å²) in [5, 5.41) is 0. The molecule has 0 aromatic carbocycles. The molecule has 1 fully saturated rings. The van der Waals surface area contributed by atoms with Crippen LogP contribution in [0.15, 0.2) is 0 Å². The van der Waals surface area contributed by atoms with Crippen LogP contribution >= 0.6 is 0 Å². The molecule has 1 heteroatoms. The monoisotopic (exact) mass is 183 g/mol. The fourth-order valence-electron chi connectivity index (χ4n) is 2.17. The fourth-order valence-corrected chi connectivity index (χ4v) is 2.17. The average Bonchev–Trinajstić information content (AvgIpc) is 1.95. The Bertz CT molecular complexity index is 157. The predicted molar refractivity (Wildman–Crippen MR) is 58.9 cm³/mol. The topological polar surface area (TPSA) is 3.24 Å². The summed E-state index contributed by atoms with van der Waals surface area (Å²) >= 11 is 0. The van der Waals surface area contributed by atoms with Gasteiger partial charge in [-0.05, 0) is 39.2 Å². The van der Waals surface area contributed by atoms with E-state index in [1.165, 1.54) is 25.8 Å². The maximum Gasteiger partial charge on any atom is 0.0178 e. The highest BCUT2D eigenvalue weighted by molar-refractivity contribution is 4.91. The third kappa shape index (κ3) is 2.07. The lowest BCUT2D eigenvalue weighted by Crippen LogP contribution is -2.54. The summed E-state index contributed by atoms with van der Waals surface area (Å²) in [7, 11) is 0. The molecular weight excluding hydrogens is 158 g/mol. The number of rotatable bonds is 4. The van der Waals surface area contributed by atoms with E-state index in [9.17, 15) is 0 Å². The van der Waals surface area contributed by atoms with E-state index in [1.54, 1.807) is 0 Å². The molecule has 0 spiro atoms. The summed E-state index contributed by atoms with van der Waals surface area (Å²) in [5.74, 6) is 0.744. The predicted octanol–water partition coefficient (Wildman–Crippen LogP) is 3.30. The van der Waals surface area contributed by atoms with Crippen molar-refractivity contribution in [1.82, 2.24) is 4.90 Å². The summed E-state index contributed by atoms with van der Waals surface area (Å²) in [4.78, 5) is 2.70. The van der Waals surface area contributed by atoms with E-state index < -0.39 is 0 Å². The molecule has 0 N–H and O–H groups in total. The molecule has 0 heterocycles. The van der Waals surface area contributed by atoms with Gasteiger partial charge in [0.2, 0.25) is 0 Å². The first kappa shape index (κ1) is 11.0. The molecule has 0 aromatic rings. The second kappa shape index (κ2) is 4.00. The SMILES string of the molecule is CCN(C1CCC1)C(C)(C)C(C)C. The van der Waals surface area contributed by atoms with Gasteiger partial charge in [-0.2, -0.15) is 0 Å². The Balaban J connectivity index is 2.63. The molecule has 0 radical (unpaired) electrons. The Labute approximate surface area is 83.5 Å². The van der Waals surface area contributed by atoms with E-state index in [1.807, 2.05) is 0 Å². The number of nitrogens with zero attached hydrogens (tertiary/aromatic N) is 1. The van der Waals surface area contributed by atoms with Gasteiger partial charge in [-0.3, -0.25) is 4.90 Å². The largest absolute Gasteiger partial charge is 0.295 e. The van der Waals surface area contributed by atoms with E-state index in [2.05, 4.69) is 39.5 Å². The summed E-state index contributed by atoms with van der Waals surface area (Å²) in [5.41, 5.74) is 0.375. The van der Waals surface area contributed by atoms with Crippen molar-refractivity contribution in [2.24, 2.45) is 5.92 Å². The molecule has 1 rings (SSSR count). The van der Waals surface area contributed by atoms with Crippen LogP contribution in [0.1, 0.15) is 53.9 Å². The van der Waals surface area contributed by atoms with Gasteiger partial charge in [0.1, 0.15) is 0 Å². The molecule has 78 valence electrons. The molecule has 1 aliphatic carbocycles. The molecular formula is C12H25N. The Kier molecular flexibility index (Phi) is 3.39. The average molecular weight is 183 g/mol. The van der Waals surface area contributed by atoms with Gasteiger partial charge >= 0.3 is 0 Å².